The summed E-state index contributed by atoms with van der Waals surface area (Å²) >= 11 is 3.32. The molecule has 0 spiro atoms. The molecule has 1 atom stereocenters. The number of nitrogens with two attached hydrogens (primary N) is 1. The van der Waals surface area contributed by atoms with Crippen molar-refractivity contribution in [1.82, 2.24) is 5.32 Å². The molecule has 5 nitrogen and oxygen atoms in total. The Morgan fingerprint density at radius 2 is 1.95 bits per heavy atom. The van der Waals surface area contributed by atoms with Crippen LogP contribution in [-0.2, 0) is 14.3 Å². The summed E-state index contributed by atoms with van der Waals surface area (Å²) in [5.74, 6) is -0.702. The average molecular weight is 352 g/mol. The number of methoxy groups -OCH3 is 1. The van der Waals surface area contributed by atoms with Crippen molar-refractivity contribution in [2.24, 2.45) is 5.73 Å². The number of amides is 1. The number of hydrogen-bond donors (Lipinski definition) is 2. The van der Waals surface area contributed by atoms with Crippen LogP contribution in [0.3, 0.4) is 0 Å². The first-order valence-electron chi connectivity index (χ1n) is 5.38. The van der Waals surface area contributed by atoms with Crippen LogP contribution in [0.25, 0.3) is 0 Å². The smallest absolute Gasteiger partial charge is 0.307 e. The van der Waals surface area contributed by atoms with E-state index in [9.17, 15) is 9.59 Å². The number of hydrogen-bond acceptors (Lipinski definition) is 4. The monoisotopic (exact) mass is 350 g/mol. The van der Waals surface area contributed by atoms with Gasteiger partial charge in [0.2, 0.25) is 5.91 Å². The number of nitrogens with one attached hydrogen (secondary N) is 1. The maximum absolute atomic E-state index is 11.3. The molecule has 1 amide bonds. The number of rotatable bonds is 5. The third-order valence-electron chi connectivity index (χ3n) is 2.39. The molecule has 3 N–H and O–H groups in total. The lowest BCUT2D eigenvalue weighted by atomic mass is 10.0. The average Bonchev–Trinajstić information content (AvgIpc) is 2.38. The molecule has 1 rings (SSSR count). The van der Waals surface area contributed by atoms with Crippen molar-refractivity contribution in [2.75, 3.05) is 13.7 Å². The van der Waals surface area contributed by atoms with Crippen LogP contribution in [0.4, 0.5) is 0 Å². The molecule has 0 radical (unpaired) electrons. The Kier molecular flexibility index (Phi) is 8.38. The highest BCUT2D eigenvalue weighted by Gasteiger charge is 2.18. The van der Waals surface area contributed by atoms with E-state index in [-0.39, 0.29) is 37.2 Å². The summed E-state index contributed by atoms with van der Waals surface area (Å²) in [5.41, 5.74) is 6.07. The van der Waals surface area contributed by atoms with Crippen molar-refractivity contribution in [3.05, 3.63) is 34.3 Å². The Morgan fingerprint density at radius 3 is 2.42 bits per heavy atom. The van der Waals surface area contributed by atoms with Gasteiger partial charge in [0.25, 0.3) is 0 Å². The van der Waals surface area contributed by atoms with Gasteiger partial charge in [0, 0.05) is 4.47 Å². The first-order chi connectivity index (χ1) is 8.56. The first kappa shape index (κ1) is 17.9. The zero-order chi connectivity index (χ0) is 13.5. The van der Waals surface area contributed by atoms with Gasteiger partial charge < -0.3 is 15.8 Å². The molecule has 0 aliphatic carbocycles. The van der Waals surface area contributed by atoms with Crippen molar-refractivity contribution in [2.45, 2.75) is 12.5 Å². The second-order valence-electron chi connectivity index (χ2n) is 3.66. The molecule has 106 valence electrons. The Morgan fingerprint density at radius 1 is 1.37 bits per heavy atom. The van der Waals surface area contributed by atoms with E-state index in [0.717, 1.165) is 10.0 Å². The number of halogens is 2. The second-order valence-corrected chi connectivity index (χ2v) is 4.57. The predicted molar refractivity (Wildman–Crippen MR) is 78.0 cm³/mol. The maximum Gasteiger partial charge on any atom is 0.307 e. The highest BCUT2D eigenvalue weighted by molar-refractivity contribution is 9.10. The molecule has 0 heterocycles. The van der Waals surface area contributed by atoms with Gasteiger partial charge >= 0.3 is 5.97 Å². The highest BCUT2D eigenvalue weighted by Crippen LogP contribution is 2.20. The molecule has 0 aliphatic rings. The van der Waals surface area contributed by atoms with Crippen molar-refractivity contribution in [3.8, 4) is 0 Å². The summed E-state index contributed by atoms with van der Waals surface area (Å²) in [4.78, 5) is 22.7. The molecule has 0 aromatic heterocycles. The van der Waals surface area contributed by atoms with E-state index in [0.29, 0.717) is 0 Å². The van der Waals surface area contributed by atoms with Gasteiger partial charge in [-0.3, -0.25) is 9.59 Å². The molecular formula is C12H16BrClN2O3. The largest absolute Gasteiger partial charge is 0.469 e. The summed E-state index contributed by atoms with van der Waals surface area (Å²) in [6, 6.07) is 6.91. The summed E-state index contributed by atoms with van der Waals surface area (Å²) in [5, 5.41) is 2.69. The highest BCUT2D eigenvalue weighted by atomic mass is 79.9. The van der Waals surface area contributed by atoms with Crippen LogP contribution in [0.15, 0.2) is 28.7 Å². The lowest BCUT2D eigenvalue weighted by molar-refractivity contribution is -0.141. The molecule has 1 unspecified atom stereocenters. The van der Waals surface area contributed by atoms with Gasteiger partial charge in [0.1, 0.15) is 0 Å². The summed E-state index contributed by atoms with van der Waals surface area (Å²) < 4.78 is 5.53. The summed E-state index contributed by atoms with van der Waals surface area (Å²) in [7, 11) is 1.31. The van der Waals surface area contributed by atoms with E-state index in [1.54, 1.807) is 0 Å². The minimum absolute atomic E-state index is 0. The SMILES string of the molecule is COC(=O)CC(NC(=O)CN)c1ccc(Br)cc1.Cl. The van der Waals surface area contributed by atoms with Gasteiger partial charge in [-0.05, 0) is 17.7 Å². The first-order valence-corrected chi connectivity index (χ1v) is 6.17. The fourth-order valence-electron chi connectivity index (χ4n) is 1.45. The molecule has 1 aromatic carbocycles. The minimum Gasteiger partial charge on any atom is -0.469 e. The number of carbonyl (C=O) groups is 2. The maximum atomic E-state index is 11.3. The second kappa shape index (κ2) is 8.90. The quantitative estimate of drug-likeness (QED) is 0.789. The van der Waals surface area contributed by atoms with E-state index >= 15 is 0 Å². The van der Waals surface area contributed by atoms with Crippen molar-refractivity contribution in [1.29, 1.82) is 0 Å². The third kappa shape index (κ3) is 6.04. The minimum atomic E-state index is -0.429. The topological polar surface area (TPSA) is 81.4 Å². The predicted octanol–water partition coefficient (Wildman–Crippen LogP) is 1.55. The van der Waals surface area contributed by atoms with E-state index in [1.807, 2.05) is 24.3 Å². The zero-order valence-electron chi connectivity index (χ0n) is 10.4. The lowest BCUT2D eigenvalue weighted by Crippen LogP contribution is -2.34. The van der Waals surface area contributed by atoms with Crippen LogP contribution in [0.1, 0.15) is 18.0 Å². The van der Waals surface area contributed by atoms with Crippen molar-refractivity contribution < 1.29 is 14.3 Å². The molecule has 7 heteroatoms. The van der Waals surface area contributed by atoms with Crippen molar-refractivity contribution >= 4 is 40.2 Å². The molecule has 1 aromatic rings. The molecule has 0 bridgehead atoms. The van der Waals surface area contributed by atoms with Gasteiger partial charge in [-0.15, -0.1) is 12.4 Å². The molecule has 0 fully saturated rings. The van der Waals surface area contributed by atoms with E-state index < -0.39 is 6.04 Å². The summed E-state index contributed by atoms with van der Waals surface area (Å²) in [6.45, 7) is -0.117. The number of ether oxygens (including phenoxy) is 1. The fraction of sp³-hybridized carbons (Fsp3) is 0.333. The Labute approximate surface area is 126 Å². The molecule has 19 heavy (non-hydrogen) atoms. The van der Waals surface area contributed by atoms with Gasteiger partial charge in [0.05, 0.1) is 26.1 Å². The van der Waals surface area contributed by atoms with E-state index in [1.165, 1.54) is 7.11 Å². The Balaban J connectivity index is 0.00000324. The van der Waals surface area contributed by atoms with Crippen LogP contribution in [0.2, 0.25) is 0 Å². The van der Waals surface area contributed by atoms with E-state index in [4.69, 9.17) is 5.73 Å². The van der Waals surface area contributed by atoms with Gasteiger partial charge in [-0.25, -0.2) is 0 Å². The Bertz CT molecular complexity index is 407. The molecule has 0 saturated carbocycles. The number of esters is 1. The molecule has 0 aliphatic heterocycles. The van der Waals surface area contributed by atoms with Crippen LogP contribution in [0.5, 0.6) is 0 Å². The van der Waals surface area contributed by atoms with Crippen LogP contribution in [-0.4, -0.2) is 25.5 Å². The van der Waals surface area contributed by atoms with Crippen LogP contribution in [0, 0.1) is 0 Å². The van der Waals surface area contributed by atoms with Gasteiger partial charge in [-0.2, -0.15) is 0 Å². The number of carbonyl (C=O) groups excluding carboxylic acids is 2. The van der Waals surface area contributed by atoms with Crippen LogP contribution >= 0.6 is 28.3 Å². The fourth-order valence-corrected chi connectivity index (χ4v) is 1.71. The normalized spacial score (nSPS) is 11.1. The van der Waals surface area contributed by atoms with Crippen LogP contribution < -0.4 is 11.1 Å². The molecular weight excluding hydrogens is 336 g/mol. The van der Waals surface area contributed by atoms with Gasteiger partial charge in [0.15, 0.2) is 0 Å². The standard InChI is InChI=1S/C12H15BrN2O3.ClH/c1-18-12(17)6-10(15-11(16)7-14)8-2-4-9(13)5-3-8;/h2-5,10H,6-7,14H2,1H3,(H,15,16);1H. The summed E-state index contributed by atoms with van der Waals surface area (Å²) in [6.07, 6.45) is 0.0733. The zero-order valence-corrected chi connectivity index (χ0v) is 12.8. The Hall–Kier alpha value is -1.11. The molecule has 0 saturated heterocycles. The van der Waals surface area contributed by atoms with Gasteiger partial charge in [-0.1, -0.05) is 28.1 Å². The number of benzene rings is 1. The van der Waals surface area contributed by atoms with E-state index in [2.05, 4.69) is 26.0 Å². The lowest BCUT2D eigenvalue weighted by Gasteiger charge is -2.17. The van der Waals surface area contributed by atoms with Crippen molar-refractivity contribution in [3.63, 3.8) is 0 Å². The third-order valence-corrected chi connectivity index (χ3v) is 2.92.